The number of ether oxygens (including phenoxy) is 1. The van der Waals surface area contributed by atoms with Crippen molar-refractivity contribution in [1.82, 2.24) is 5.32 Å². The Kier molecular flexibility index (Phi) is 5.27. The molecule has 1 amide bonds. The topological polar surface area (TPSA) is 89.5 Å². The zero-order chi connectivity index (χ0) is 12.1. The lowest BCUT2D eigenvalue weighted by Gasteiger charge is -2.14. The second-order valence-corrected chi connectivity index (χ2v) is 5.37. The number of esters is 1. The van der Waals surface area contributed by atoms with Crippen molar-refractivity contribution in [1.29, 1.82) is 0 Å². The van der Waals surface area contributed by atoms with Crippen LogP contribution in [0.4, 0.5) is 0 Å². The number of carbonyl (C=O) groups excluding carboxylic acids is 2. The van der Waals surface area contributed by atoms with E-state index in [9.17, 15) is 18.0 Å². The van der Waals surface area contributed by atoms with Crippen LogP contribution >= 0.6 is 0 Å². The molecule has 0 aromatic rings. The van der Waals surface area contributed by atoms with Crippen molar-refractivity contribution in [3.05, 3.63) is 0 Å². The maximum Gasteiger partial charge on any atom is 0.329 e. The van der Waals surface area contributed by atoms with Crippen molar-refractivity contribution >= 4 is 21.7 Å². The fraction of sp³-hybridized carbons (Fsp3) is 0.750. The minimum absolute atomic E-state index is 0.0833. The van der Waals surface area contributed by atoms with Crippen LogP contribution < -0.4 is 5.32 Å². The normalized spacial score (nSPS) is 13.0. The van der Waals surface area contributed by atoms with Crippen molar-refractivity contribution in [3.63, 3.8) is 0 Å². The van der Waals surface area contributed by atoms with Gasteiger partial charge in [-0.2, -0.15) is 0 Å². The molecule has 0 bridgehead atoms. The van der Waals surface area contributed by atoms with E-state index in [4.69, 9.17) is 0 Å². The van der Waals surface area contributed by atoms with Gasteiger partial charge in [-0.05, 0) is 0 Å². The predicted molar refractivity (Wildman–Crippen MR) is 53.9 cm³/mol. The van der Waals surface area contributed by atoms with Crippen molar-refractivity contribution in [2.45, 2.75) is 19.9 Å². The fourth-order valence-electron chi connectivity index (χ4n) is 0.928. The van der Waals surface area contributed by atoms with Gasteiger partial charge < -0.3 is 10.1 Å². The van der Waals surface area contributed by atoms with Crippen LogP contribution in [-0.4, -0.2) is 45.0 Å². The van der Waals surface area contributed by atoms with Crippen LogP contribution in [0.3, 0.4) is 0 Å². The summed E-state index contributed by atoms with van der Waals surface area (Å²) in [5.41, 5.74) is 0. The lowest BCUT2D eigenvalue weighted by molar-refractivity contribution is -0.144. The molecule has 15 heavy (non-hydrogen) atoms. The number of rotatable bonds is 5. The Morgan fingerprint density at radius 1 is 1.40 bits per heavy atom. The van der Waals surface area contributed by atoms with Gasteiger partial charge in [0.05, 0.1) is 12.9 Å². The van der Waals surface area contributed by atoms with Crippen LogP contribution in [-0.2, 0) is 24.2 Å². The van der Waals surface area contributed by atoms with Gasteiger partial charge in [0, 0.05) is 12.7 Å². The zero-order valence-corrected chi connectivity index (χ0v) is 9.76. The third kappa shape index (κ3) is 5.36. The molecule has 0 fully saturated rings. The van der Waals surface area contributed by atoms with Gasteiger partial charge in [-0.15, -0.1) is 0 Å². The molecule has 0 aliphatic carbocycles. The van der Waals surface area contributed by atoms with Crippen molar-refractivity contribution in [2.75, 3.05) is 18.6 Å². The van der Waals surface area contributed by atoms with E-state index in [1.54, 1.807) is 0 Å². The Morgan fingerprint density at radius 2 is 1.93 bits per heavy atom. The minimum atomic E-state index is -3.34. The second kappa shape index (κ2) is 5.69. The van der Waals surface area contributed by atoms with Gasteiger partial charge in [-0.25, -0.2) is 13.2 Å². The minimum Gasteiger partial charge on any atom is -0.467 e. The molecule has 0 rings (SSSR count). The molecule has 6 nitrogen and oxygen atoms in total. The number of sulfone groups is 1. The molecule has 1 unspecified atom stereocenters. The van der Waals surface area contributed by atoms with Gasteiger partial charge in [-0.1, -0.05) is 6.92 Å². The first-order valence-corrected chi connectivity index (χ1v) is 6.20. The van der Waals surface area contributed by atoms with E-state index >= 15 is 0 Å². The predicted octanol–water partition coefficient (Wildman–Crippen LogP) is -0.901. The molecule has 0 aliphatic rings. The summed E-state index contributed by atoms with van der Waals surface area (Å²) in [7, 11) is -2.20. The number of hydrogen-bond acceptors (Lipinski definition) is 5. The van der Waals surface area contributed by atoms with Gasteiger partial charge in [0.15, 0.2) is 9.84 Å². The lowest BCUT2D eigenvalue weighted by atomic mass is 10.3. The lowest BCUT2D eigenvalue weighted by Crippen LogP contribution is -2.45. The maximum atomic E-state index is 11.3. The van der Waals surface area contributed by atoms with E-state index in [-0.39, 0.29) is 5.75 Å². The standard InChI is InChI=1S/C8H15NO5S/c1-4-15(12,13)5-7(8(11)14-3)9-6(2)10/h7H,4-5H2,1-3H3,(H,9,10). The van der Waals surface area contributed by atoms with Gasteiger partial charge in [0.25, 0.3) is 0 Å². The molecule has 0 saturated carbocycles. The summed E-state index contributed by atoms with van der Waals surface area (Å²) in [5, 5.41) is 2.23. The molecule has 1 N–H and O–H groups in total. The van der Waals surface area contributed by atoms with E-state index in [1.165, 1.54) is 13.8 Å². The largest absolute Gasteiger partial charge is 0.467 e. The molecule has 0 heterocycles. The van der Waals surface area contributed by atoms with E-state index in [1.807, 2.05) is 0 Å². The van der Waals surface area contributed by atoms with Crippen LogP contribution in [0.15, 0.2) is 0 Å². The van der Waals surface area contributed by atoms with E-state index in [0.717, 1.165) is 7.11 Å². The quantitative estimate of drug-likeness (QED) is 0.626. The molecule has 0 saturated heterocycles. The van der Waals surface area contributed by atoms with Crippen LogP contribution in [0, 0.1) is 0 Å². The summed E-state index contributed by atoms with van der Waals surface area (Å²) in [5.74, 6) is -1.76. The highest BCUT2D eigenvalue weighted by Crippen LogP contribution is 1.97. The first-order valence-electron chi connectivity index (χ1n) is 4.37. The number of hydrogen-bond donors (Lipinski definition) is 1. The Labute approximate surface area is 88.9 Å². The summed E-state index contributed by atoms with van der Waals surface area (Å²) >= 11 is 0. The molecular formula is C8H15NO5S. The van der Waals surface area contributed by atoms with Gasteiger partial charge in [-0.3, -0.25) is 4.79 Å². The first kappa shape index (κ1) is 13.9. The monoisotopic (exact) mass is 237 g/mol. The molecule has 0 spiro atoms. The van der Waals surface area contributed by atoms with Crippen LogP contribution in [0.2, 0.25) is 0 Å². The maximum absolute atomic E-state index is 11.3. The summed E-state index contributed by atoms with van der Waals surface area (Å²) in [4.78, 5) is 21.9. The SMILES string of the molecule is CCS(=O)(=O)CC(NC(C)=O)C(=O)OC. The van der Waals surface area contributed by atoms with Gasteiger partial charge >= 0.3 is 5.97 Å². The van der Waals surface area contributed by atoms with Gasteiger partial charge in [0.1, 0.15) is 6.04 Å². The molecule has 0 aromatic heterocycles. The van der Waals surface area contributed by atoms with Crippen LogP contribution in [0.25, 0.3) is 0 Å². The Morgan fingerprint density at radius 3 is 2.27 bits per heavy atom. The van der Waals surface area contributed by atoms with E-state index in [0.29, 0.717) is 0 Å². The highest BCUT2D eigenvalue weighted by molar-refractivity contribution is 7.91. The molecule has 0 aromatic carbocycles. The second-order valence-electron chi connectivity index (χ2n) is 2.98. The molecule has 88 valence electrons. The number of methoxy groups -OCH3 is 1. The average Bonchev–Trinajstić information content (AvgIpc) is 2.14. The fourth-order valence-corrected chi connectivity index (χ4v) is 1.89. The molecule has 0 radical (unpaired) electrons. The van der Waals surface area contributed by atoms with Gasteiger partial charge in [0.2, 0.25) is 5.91 Å². The van der Waals surface area contributed by atoms with E-state index in [2.05, 4.69) is 10.1 Å². The smallest absolute Gasteiger partial charge is 0.329 e. The Balaban J connectivity index is 4.66. The summed E-state index contributed by atoms with van der Waals surface area (Å²) < 4.78 is 26.9. The van der Waals surface area contributed by atoms with Crippen molar-refractivity contribution in [3.8, 4) is 0 Å². The summed E-state index contributed by atoms with van der Waals surface area (Å²) in [6.45, 7) is 2.67. The summed E-state index contributed by atoms with van der Waals surface area (Å²) in [6, 6.07) is -1.13. The Bertz CT molecular complexity index is 335. The number of amides is 1. The average molecular weight is 237 g/mol. The molecular weight excluding hydrogens is 222 g/mol. The third-order valence-corrected chi connectivity index (χ3v) is 3.44. The molecule has 0 aliphatic heterocycles. The first-order chi connectivity index (χ1) is 6.82. The number of carbonyl (C=O) groups is 2. The van der Waals surface area contributed by atoms with Crippen molar-refractivity contribution < 1.29 is 22.7 Å². The summed E-state index contributed by atoms with van der Waals surface area (Å²) in [6.07, 6.45) is 0. The van der Waals surface area contributed by atoms with Crippen LogP contribution in [0.5, 0.6) is 0 Å². The highest BCUT2D eigenvalue weighted by atomic mass is 32.2. The van der Waals surface area contributed by atoms with Crippen molar-refractivity contribution in [2.24, 2.45) is 0 Å². The molecule has 1 atom stereocenters. The molecule has 7 heteroatoms. The highest BCUT2D eigenvalue weighted by Gasteiger charge is 2.25. The third-order valence-electron chi connectivity index (χ3n) is 1.72. The Hall–Kier alpha value is -1.11. The van der Waals surface area contributed by atoms with E-state index < -0.39 is 33.5 Å². The van der Waals surface area contributed by atoms with Crippen LogP contribution in [0.1, 0.15) is 13.8 Å². The zero-order valence-electron chi connectivity index (χ0n) is 8.94. The number of nitrogens with one attached hydrogen (secondary N) is 1.